The van der Waals surface area contributed by atoms with Crippen molar-refractivity contribution in [3.05, 3.63) is 39.4 Å². The molecule has 0 bridgehead atoms. The lowest BCUT2D eigenvalue weighted by Gasteiger charge is -2.13. The Balaban J connectivity index is 2.64. The van der Waals surface area contributed by atoms with Crippen LogP contribution in [-0.4, -0.2) is 18.0 Å². The molecule has 0 heterocycles. The van der Waals surface area contributed by atoms with Crippen LogP contribution in [0.5, 0.6) is 0 Å². The number of methoxy groups -OCH3 is 1. The van der Waals surface area contributed by atoms with Gasteiger partial charge in [0.15, 0.2) is 0 Å². The fourth-order valence-electron chi connectivity index (χ4n) is 2.02. The van der Waals surface area contributed by atoms with Gasteiger partial charge >= 0.3 is 11.7 Å². The molecule has 1 aromatic rings. The van der Waals surface area contributed by atoms with Gasteiger partial charge in [0.25, 0.3) is 0 Å². The molecule has 0 N–H and O–H groups in total. The van der Waals surface area contributed by atoms with Crippen molar-refractivity contribution in [2.45, 2.75) is 18.3 Å². The topological polar surface area (TPSA) is 69.4 Å². The van der Waals surface area contributed by atoms with Crippen LogP contribution in [0.4, 0.5) is 14.5 Å². The molecule has 1 saturated carbocycles. The zero-order valence-electron chi connectivity index (χ0n) is 9.41. The predicted molar refractivity (Wildman–Crippen MR) is 55.9 cm³/mol. The molecule has 7 heteroatoms. The van der Waals surface area contributed by atoms with Crippen LogP contribution < -0.4 is 0 Å². The average Bonchev–Trinajstić information content (AvgIpc) is 3.07. The van der Waals surface area contributed by atoms with Crippen molar-refractivity contribution in [1.29, 1.82) is 0 Å². The van der Waals surface area contributed by atoms with Gasteiger partial charge in [0, 0.05) is 6.07 Å². The molecule has 1 aliphatic carbocycles. The minimum Gasteiger partial charge on any atom is -0.468 e. The highest BCUT2D eigenvalue weighted by molar-refractivity contribution is 5.88. The van der Waals surface area contributed by atoms with Crippen molar-refractivity contribution in [1.82, 2.24) is 0 Å². The van der Waals surface area contributed by atoms with E-state index in [0.717, 1.165) is 13.2 Å². The van der Waals surface area contributed by atoms with Gasteiger partial charge in [-0.05, 0) is 18.9 Å². The lowest BCUT2D eigenvalue weighted by Crippen LogP contribution is -2.23. The van der Waals surface area contributed by atoms with Gasteiger partial charge in [-0.2, -0.15) is 4.39 Å². The van der Waals surface area contributed by atoms with Crippen LogP contribution in [0.3, 0.4) is 0 Å². The normalized spacial score (nSPS) is 16.2. The van der Waals surface area contributed by atoms with Gasteiger partial charge in [-0.15, -0.1) is 0 Å². The molecule has 2 rings (SSSR count). The fourth-order valence-corrected chi connectivity index (χ4v) is 2.02. The van der Waals surface area contributed by atoms with Crippen LogP contribution >= 0.6 is 0 Å². The number of nitrogens with zero attached hydrogens (tertiary/aromatic N) is 1. The van der Waals surface area contributed by atoms with Crippen LogP contribution in [0.15, 0.2) is 12.1 Å². The second-order valence-electron chi connectivity index (χ2n) is 4.11. The maximum absolute atomic E-state index is 13.5. The van der Waals surface area contributed by atoms with Crippen molar-refractivity contribution in [3.8, 4) is 0 Å². The number of carbonyl (C=O) groups excluding carboxylic acids is 1. The fraction of sp³-hybridized carbons (Fsp3) is 0.364. The van der Waals surface area contributed by atoms with Gasteiger partial charge in [0.05, 0.1) is 23.0 Å². The molecule has 1 fully saturated rings. The Morgan fingerprint density at radius 1 is 1.44 bits per heavy atom. The van der Waals surface area contributed by atoms with Gasteiger partial charge < -0.3 is 4.74 Å². The summed E-state index contributed by atoms with van der Waals surface area (Å²) in [5, 5.41) is 10.8. The molecule has 5 nitrogen and oxygen atoms in total. The number of nitro groups is 1. The summed E-state index contributed by atoms with van der Waals surface area (Å²) in [6, 6.07) is 1.25. The smallest absolute Gasteiger partial charge is 0.316 e. The number of ether oxygens (including phenoxy) is 1. The second kappa shape index (κ2) is 4.01. The van der Waals surface area contributed by atoms with E-state index in [1.807, 2.05) is 0 Å². The molecular weight excluding hydrogens is 248 g/mol. The summed E-state index contributed by atoms with van der Waals surface area (Å²) in [5.74, 6) is -2.95. The van der Waals surface area contributed by atoms with E-state index in [2.05, 4.69) is 4.74 Å². The number of carbonyl (C=O) groups is 1. The van der Waals surface area contributed by atoms with E-state index in [1.165, 1.54) is 0 Å². The van der Waals surface area contributed by atoms with Gasteiger partial charge in [0.1, 0.15) is 5.82 Å². The Labute approximate surface area is 101 Å². The quantitative estimate of drug-likeness (QED) is 0.472. The molecule has 96 valence electrons. The summed E-state index contributed by atoms with van der Waals surface area (Å²) in [4.78, 5) is 21.5. The van der Waals surface area contributed by atoms with Gasteiger partial charge in [0.2, 0.25) is 5.82 Å². The van der Waals surface area contributed by atoms with Gasteiger partial charge in [-0.1, -0.05) is 0 Å². The number of hydrogen-bond donors (Lipinski definition) is 0. The SMILES string of the molecule is COC(=O)C1(c2cc(F)cc(F)c2[N+](=O)[O-])CC1. The lowest BCUT2D eigenvalue weighted by molar-refractivity contribution is -0.388. The number of esters is 1. The number of rotatable bonds is 3. The van der Waals surface area contributed by atoms with E-state index in [4.69, 9.17) is 0 Å². The predicted octanol–water partition coefficient (Wildman–Crippen LogP) is 2.08. The monoisotopic (exact) mass is 257 g/mol. The maximum Gasteiger partial charge on any atom is 0.316 e. The van der Waals surface area contributed by atoms with Crippen LogP contribution in [0.25, 0.3) is 0 Å². The Morgan fingerprint density at radius 2 is 2.06 bits per heavy atom. The van der Waals surface area contributed by atoms with Crippen LogP contribution in [0.2, 0.25) is 0 Å². The summed E-state index contributed by atoms with van der Waals surface area (Å²) in [6.45, 7) is 0. The zero-order chi connectivity index (χ0) is 13.5. The van der Waals surface area contributed by atoms with Crippen molar-refractivity contribution in [2.75, 3.05) is 7.11 Å². The standard InChI is InChI=1S/C11H9F2NO4/c1-18-10(15)11(2-3-11)7-4-6(12)5-8(13)9(7)14(16)17/h4-5H,2-3H2,1H3. The number of hydrogen-bond acceptors (Lipinski definition) is 4. The maximum atomic E-state index is 13.5. The minimum atomic E-state index is -1.29. The number of benzene rings is 1. The molecule has 0 unspecified atom stereocenters. The van der Waals surface area contributed by atoms with Gasteiger partial charge in [-0.3, -0.25) is 14.9 Å². The minimum absolute atomic E-state index is 0.253. The van der Waals surface area contributed by atoms with Crippen LogP contribution in [0.1, 0.15) is 18.4 Å². The van der Waals surface area contributed by atoms with Crippen LogP contribution in [-0.2, 0) is 14.9 Å². The molecule has 0 saturated heterocycles. The Hall–Kier alpha value is -2.05. The number of halogens is 2. The van der Waals surface area contributed by atoms with Crippen molar-refractivity contribution < 1.29 is 23.2 Å². The second-order valence-corrected chi connectivity index (χ2v) is 4.11. The molecule has 1 aromatic carbocycles. The van der Waals surface area contributed by atoms with E-state index in [-0.39, 0.29) is 18.4 Å². The Kier molecular flexibility index (Phi) is 2.76. The summed E-state index contributed by atoms with van der Waals surface area (Å²) < 4.78 is 31.2. The van der Waals surface area contributed by atoms with E-state index in [9.17, 15) is 23.7 Å². The van der Waals surface area contributed by atoms with E-state index < -0.39 is 33.6 Å². The lowest BCUT2D eigenvalue weighted by atomic mass is 9.94. The van der Waals surface area contributed by atoms with Crippen molar-refractivity contribution in [2.24, 2.45) is 0 Å². The highest BCUT2D eigenvalue weighted by Crippen LogP contribution is 2.52. The third-order valence-corrected chi connectivity index (χ3v) is 3.05. The summed E-state index contributed by atoms with van der Waals surface area (Å²) >= 11 is 0. The first-order chi connectivity index (χ1) is 8.42. The first-order valence-electron chi connectivity index (χ1n) is 5.15. The summed E-state index contributed by atoms with van der Waals surface area (Å²) in [7, 11) is 1.13. The van der Waals surface area contributed by atoms with Crippen LogP contribution in [0, 0.1) is 21.7 Å². The van der Waals surface area contributed by atoms with Crippen molar-refractivity contribution in [3.63, 3.8) is 0 Å². The first-order valence-corrected chi connectivity index (χ1v) is 5.15. The third kappa shape index (κ3) is 1.71. The molecule has 1 aliphatic rings. The molecule has 0 radical (unpaired) electrons. The largest absolute Gasteiger partial charge is 0.468 e. The third-order valence-electron chi connectivity index (χ3n) is 3.05. The number of nitro benzene ring substituents is 1. The van der Waals surface area contributed by atoms with E-state index in [0.29, 0.717) is 6.07 Å². The molecular formula is C11H9F2NO4. The first kappa shape index (κ1) is 12.4. The molecule has 18 heavy (non-hydrogen) atoms. The molecule has 0 aromatic heterocycles. The molecule has 0 spiro atoms. The zero-order valence-corrected chi connectivity index (χ0v) is 9.41. The highest BCUT2D eigenvalue weighted by Gasteiger charge is 2.56. The Morgan fingerprint density at radius 3 is 2.50 bits per heavy atom. The summed E-state index contributed by atoms with van der Waals surface area (Å²) in [5.41, 5.74) is -2.39. The van der Waals surface area contributed by atoms with Gasteiger partial charge in [-0.25, -0.2) is 4.39 Å². The van der Waals surface area contributed by atoms with E-state index in [1.54, 1.807) is 0 Å². The summed E-state index contributed by atoms with van der Waals surface area (Å²) in [6.07, 6.45) is 0.562. The highest BCUT2D eigenvalue weighted by atomic mass is 19.1. The average molecular weight is 257 g/mol. The molecule has 0 amide bonds. The molecule has 0 aliphatic heterocycles. The Bertz CT molecular complexity index is 540. The van der Waals surface area contributed by atoms with Crippen molar-refractivity contribution >= 4 is 11.7 Å². The molecule has 0 atom stereocenters. The van der Waals surface area contributed by atoms with E-state index >= 15 is 0 Å².